The maximum atomic E-state index is 15.1. The van der Waals surface area contributed by atoms with E-state index >= 15 is 4.79 Å². The van der Waals surface area contributed by atoms with Crippen molar-refractivity contribution >= 4 is 40.9 Å². The summed E-state index contributed by atoms with van der Waals surface area (Å²) in [6, 6.07) is 21.0. The molecule has 6 atom stereocenters. The number of imide groups is 2. The van der Waals surface area contributed by atoms with Crippen LogP contribution < -0.4 is 9.64 Å². The minimum Gasteiger partial charge on any atom is -0.504 e. The van der Waals surface area contributed by atoms with Crippen LogP contribution in [-0.2, 0) is 24.6 Å². The molecule has 1 N–H and O–H groups in total. The summed E-state index contributed by atoms with van der Waals surface area (Å²) in [7, 11) is 1.51. The van der Waals surface area contributed by atoms with E-state index in [0.29, 0.717) is 34.9 Å². The third-order valence-electron chi connectivity index (χ3n) is 10.0. The van der Waals surface area contributed by atoms with E-state index in [4.69, 9.17) is 16.3 Å². The van der Waals surface area contributed by atoms with Crippen LogP contribution in [0.3, 0.4) is 0 Å². The lowest BCUT2D eigenvalue weighted by molar-refractivity contribution is -0.138. The van der Waals surface area contributed by atoms with Crippen molar-refractivity contribution in [2.75, 3.05) is 18.6 Å². The molecule has 2 aliphatic heterocycles. The molecule has 2 aliphatic carbocycles. The summed E-state index contributed by atoms with van der Waals surface area (Å²) in [5.74, 6) is -4.14. The number of fused-ring (bicyclic) bond motifs is 4. The molecule has 224 valence electrons. The summed E-state index contributed by atoms with van der Waals surface area (Å²) in [6.07, 6.45) is 2.59. The van der Waals surface area contributed by atoms with Crippen molar-refractivity contribution in [3.63, 3.8) is 0 Å². The monoisotopic (exact) mass is 610 g/mol. The molecule has 44 heavy (non-hydrogen) atoms. The van der Waals surface area contributed by atoms with E-state index in [-0.39, 0.29) is 41.5 Å². The van der Waals surface area contributed by atoms with Gasteiger partial charge in [-0.15, -0.1) is 0 Å². The first-order valence-corrected chi connectivity index (χ1v) is 15.2. The molecule has 1 saturated carbocycles. The fourth-order valence-corrected chi connectivity index (χ4v) is 8.44. The van der Waals surface area contributed by atoms with Gasteiger partial charge in [0.15, 0.2) is 11.5 Å². The Morgan fingerprint density at radius 2 is 1.70 bits per heavy atom. The second-order valence-electron chi connectivity index (χ2n) is 12.0. The molecule has 7 rings (SSSR count). The van der Waals surface area contributed by atoms with Gasteiger partial charge >= 0.3 is 0 Å². The van der Waals surface area contributed by atoms with Gasteiger partial charge in [0.2, 0.25) is 23.6 Å². The van der Waals surface area contributed by atoms with E-state index in [2.05, 4.69) is 0 Å². The number of phenolic OH excluding ortho intramolecular Hbond substituents is 1. The van der Waals surface area contributed by atoms with Crippen molar-refractivity contribution in [2.45, 2.75) is 31.1 Å². The number of nitrogens with zero attached hydrogens (tertiary/aromatic N) is 2. The van der Waals surface area contributed by atoms with Crippen LogP contribution in [0.5, 0.6) is 11.5 Å². The van der Waals surface area contributed by atoms with Gasteiger partial charge in [-0.25, -0.2) is 4.90 Å². The number of amides is 4. The number of aromatic hydroxyl groups is 1. The van der Waals surface area contributed by atoms with E-state index in [0.717, 1.165) is 5.57 Å². The minimum atomic E-state index is -1.38. The highest BCUT2D eigenvalue weighted by atomic mass is 35.5. The van der Waals surface area contributed by atoms with Crippen molar-refractivity contribution in [3.8, 4) is 11.5 Å². The molecule has 0 radical (unpaired) electrons. The number of carbonyl (C=O) groups excluding carboxylic acids is 4. The summed E-state index contributed by atoms with van der Waals surface area (Å²) >= 11 is 6.34. The van der Waals surface area contributed by atoms with E-state index in [9.17, 15) is 19.5 Å². The summed E-state index contributed by atoms with van der Waals surface area (Å²) in [4.78, 5) is 58.9. The molecule has 6 unspecified atom stereocenters. The van der Waals surface area contributed by atoms with Crippen LogP contribution in [0.15, 0.2) is 84.4 Å². The van der Waals surface area contributed by atoms with Crippen molar-refractivity contribution in [1.29, 1.82) is 0 Å². The number of anilines is 1. The summed E-state index contributed by atoms with van der Waals surface area (Å²) in [5.41, 5.74) is 1.20. The normalized spacial score (nSPS) is 29.3. The molecule has 3 aromatic carbocycles. The Bertz CT molecular complexity index is 1750. The number of rotatable bonds is 5. The molecule has 0 bridgehead atoms. The zero-order valence-electron chi connectivity index (χ0n) is 24.3. The van der Waals surface area contributed by atoms with Gasteiger partial charge < -0.3 is 9.84 Å². The van der Waals surface area contributed by atoms with Gasteiger partial charge in [0.1, 0.15) is 0 Å². The van der Waals surface area contributed by atoms with E-state index in [1.807, 2.05) is 43.3 Å². The lowest BCUT2D eigenvalue weighted by Gasteiger charge is -2.50. The predicted molar refractivity (Wildman–Crippen MR) is 163 cm³/mol. The lowest BCUT2D eigenvalue weighted by Crippen LogP contribution is -2.53. The molecule has 3 fully saturated rings. The summed E-state index contributed by atoms with van der Waals surface area (Å²) < 4.78 is 5.77. The van der Waals surface area contributed by atoms with Gasteiger partial charge in [-0.1, -0.05) is 65.7 Å². The van der Waals surface area contributed by atoms with Gasteiger partial charge in [0.25, 0.3) is 0 Å². The molecule has 3 aromatic rings. The molecule has 8 nitrogen and oxygen atoms in total. The topological polar surface area (TPSA) is 104 Å². The molecule has 2 heterocycles. The first kappa shape index (κ1) is 28.3. The lowest BCUT2D eigenvalue weighted by atomic mass is 9.49. The maximum Gasteiger partial charge on any atom is 0.246 e. The predicted octanol–water partition coefficient (Wildman–Crippen LogP) is 5.24. The van der Waals surface area contributed by atoms with Gasteiger partial charge in [-0.2, -0.15) is 0 Å². The molecule has 4 amide bonds. The number of ether oxygens (including phenoxy) is 1. The highest BCUT2D eigenvalue weighted by Gasteiger charge is 2.70. The average molecular weight is 611 g/mol. The first-order valence-electron chi connectivity index (χ1n) is 14.9. The minimum absolute atomic E-state index is 0.0430. The Morgan fingerprint density at radius 1 is 0.932 bits per heavy atom. The zero-order valence-corrected chi connectivity index (χ0v) is 25.0. The Hall–Kier alpha value is -4.43. The van der Waals surface area contributed by atoms with Crippen molar-refractivity contribution < 1.29 is 29.0 Å². The third kappa shape index (κ3) is 3.83. The van der Waals surface area contributed by atoms with Gasteiger partial charge in [0, 0.05) is 18.0 Å². The Kier molecular flexibility index (Phi) is 6.66. The smallest absolute Gasteiger partial charge is 0.246 e. The van der Waals surface area contributed by atoms with Crippen LogP contribution in [0.2, 0.25) is 5.02 Å². The second kappa shape index (κ2) is 10.3. The highest BCUT2D eigenvalue weighted by Crippen LogP contribution is 2.64. The highest BCUT2D eigenvalue weighted by molar-refractivity contribution is 6.32. The van der Waals surface area contributed by atoms with Crippen LogP contribution in [0.1, 0.15) is 36.8 Å². The van der Waals surface area contributed by atoms with Crippen LogP contribution >= 0.6 is 11.6 Å². The number of benzene rings is 3. The second-order valence-corrected chi connectivity index (χ2v) is 12.4. The SMILES string of the molecule is CCOc1cc(C2C3=CCC4C(=O)N(C)C(=O)C4C3CC3C(=O)N(c4cccc(Cl)c4)C(=O)C32c2ccccc2)ccc1O. The number of hydrogen-bond acceptors (Lipinski definition) is 6. The van der Waals surface area contributed by atoms with Crippen molar-refractivity contribution in [2.24, 2.45) is 23.7 Å². The fraction of sp³-hybridized carbons (Fsp3) is 0.314. The van der Waals surface area contributed by atoms with Gasteiger partial charge in [-0.05, 0) is 67.1 Å². The fourth-order valence-electron chi connectivity index (χ4n) is 8.26. The molecular weight excluding hydrogens is 580 g/mol. The number of hydrogen-bond donors (Lipinski definition) is 1. The Labute approximate surface area is 259 Å². The number of carbonyl (C=O) groups is 4. The number of likely N-dealkylation sites (tertiary alicyclic amines) is 1. The van der Waals surface area contributed by atoms with Crippen LogP contribution in [-0.4, -0.2) is 47.3 Å². The molecule has 2 saturated heterocycles. The zero-order chi connectivity index (χ0) is 30.9. The molecule has 9 heteroatoms. The van der Waals surface area contributed by atoms with Crippen LogP contribution in [0, 0.1) is 23.7 Å². The number of allylic oxidation sites excluding steroid dienone is 2. The molecule has 0 aromatic heterocycles. The first-order chi connectivity index (χ1) is 21.2. The van der Waals surface area contributed by atoms with E-state index in [1.54, 1.807) is 36.4 Å². The third-order valence-corrected chi connectivity index (χ3v) is 10.2. The molecule has 4 aliphatic rings. The molecular formula is C35H31ClN2O6. The van der Waals surface area contributed by atoms with Gasteiger partial charge in [0.05, 0.1) is 35.5 Å². The standard InChI is InChI=1S/C35H31ClN2O6/c1-3-44-28-16-19(12-15-27(28)39)30-23-13-14-24-29(33(42)37(2)31(24)40)25(23)18-26-32(41)38(22-11-7-10-21(36)17-22)34(43)35(26,30)20-8-5-4-6-9-20/h4-13,15-17,24-26,29-30,39H,3,14,18H2,1-2H3. The van der Waals surface area contributed by atoms with Crippen molar-refractivity contribution in [3.05, 3.63) is 101 Å². The summed E-state index contributed by atoms with van der Waals surface area (Å²) in [6.45, 7) is 2.13. The number of phenols is 1. The Morgan fingerprint density at radius 3 is 2.43 bits per heavy atom. The quantitative estimate of drug-likeness (QED) is 0.313. The maximum absolute atomic E-state index is 15.1. The summed E-state index contributed by atoms with van der Waals surface area (Å²) in [5, 5.41) is 11.0. The van der Waals surface area contributed by atoms with E-state index < -0.39 is 35.0 Å². The van der Waals surface area contributed by atoms with E-state index in [1.165, 1.54) is 22.9 Å². The number of halogens is 1. The van der Waals surface area contributed by atoms with Crippen LogP contribution in [0.25, 0.3) is 0 Å². The van der Waals surface area contributed by atoms with Gasteiger partial charge in [-0.3, -0.25) is 24.1 Å². The van der Waals surface area contributed by atoms with Crippen molar-refractivity contribution in [1.82, 2.24) is 4.90 Å². The van der Waals surface area contributed by atoms with Crippen LogP contribution in [0.4, 0.5) is 5.69 Å². The molecule has 0 spiro atoms. The largest absolute Gasteiger partial charge is 0.504 e. The Balaban J connectivity index is 1.52. The average Bonchev–Trinajstić information content (AvgIpc) is 3.39.